The monoisotopic (exact) mass is 315 g/mol. The number of rotatable bonds is 2. The standard InChI is InChI=1S/C16H17N3O4/c1-5-23-15(22)16(3)10-6-9-11(17-8(2)18-13(9)20)7-12(10)19(4)14(16)21/h6-7H,5H2,1-4H3,(H,17,18,20). The second-order valence-corrected chi connectivity index (χ2v) is 5.75. The number of H-pyrrole nitrogens is 1. The molecule has 1 atom stereocenters. The number of anilines is 1. The summed E-state index contributed by atoms with van der Waals surface area (Å²) in [5.41, 5.74) is -0.241. The average molecular weight is 315 g/mol. The smallest absolute Gasteiger partial charge is 0.326 e. The van der Waals surface area contributed by atoms with Gasteiger partial charge in [-0.05, 0) is 32.9 Å². The van der Waals surface area contributed by atoms with Crippen molar-refractivity contribution in [1.82, 2.24) is 9.97 Å². The van der Waals surface area contributed by atoms with Gasteiger partial charge in [0, 0.05) is 12.6 Å². The highest BCUT2D eigenvalue weighted by atomic mass is 16.5. The molecule has 2 aromatic rings. The van der Waals surface area contributed by atoms with Crippen LogP contribution in [0, 0.1) is 6.92 Å². The van der Waals surface area contributed by atoms with Gasteiger partial charge in [0.25, 0.3) is 5.56 Å². The van der Waals surface area contributed by atoms with Crippen LogP contribution in [0.5, 0.6) is 0 Å². The molecule has 1 aliphatic rings. The van der Waals surface area contributed by atoms with E-state index in [2.05, 4.69) is 9.97 Å². The highest BCUT2D eigenvalue weighted by Crippen LogP contribution is 2.43. The third kappa shape index (κ3) is 1.96. The predicted octanol–water partition coefficient (Wildman–Crippen LogP) is 1.03. The van der Waals surface area contributed by atoms with Crippen LogP contribution in [0.15, 0.2) is 16.9 Å². The zero-order valence-corrected chi connectivity index (χ0v) is 13.4. The predicted molar refractivity (Wildman–Crippen MR) is 84.5 cm³/mol. The number of carbonyl (C=O) groups is 2. The van der Waals surface area contributed by atoms with Gasteiger partial charge in [-0.3, -0.25) is 14.4 Å². The summed E-state index contributed by atoms with van der Waals surface area (Å²) in [6.07, 6.45) is 0. The molecule has 23 heavy (non-hydrogen) atoms. The maximum Gasteiger partial charge on any atom is 0.326 e. The third-order valence-corrected chi connectivity index (χ3v) is 4.26. The molecule has 2 heterocycles. The number of carbonyl (C=O) groups excluding carboxylic acids is 2. The van der Waals surface area contributed by atoms with Crippen molar-refractivity contribution in [3.05, 3.63) is 33.9 Å². The van der Waals surface area contributed by atoms with E-state index in [-0.39, 0.29) is 18.1 Å². The molecule has 0 spiro atoms. The summed E-state index contributed by atoms with van der Waals surface area (Å²) in [7, 11) is 1.59. The first-order valence-electron chi connectivity index (χ1n) is 7.31. The quantitative estimate of drug-likeness (QED) is 0.660. The molecular weight excluding hydrogens is 298 g/mol. The molecule has 7 nitrogen and oxygen atoms in total. The Morgan fingerprint density at radius 2 is 2.09 bits per heavy atom. The number of likely N-dealkylation sites (N-methyl/N-ethyl adjacent to an activating group) is 1. The highest BCUT2D eigenvalue weighted by Gasteiger charge is 2.53. The van der Waals surface area contributed by atoms with Gasteiger partial charge in [0.1, 0.15) is 5.82 Å². The number of aryl methyl sites for hydroxylation is 1. The van der Waals surface area contributed by atoms with Crippen LogP contribution in [0.25, 0.3) is 10.9 Å². The van der Waals surface area contributed by atoms with Gasteiger partial charge < -0.3 is 14.6 Å². The van der Waals surface area contributed by atoms with E-state index in [4.69, 9.17) is 4.74 Å². The minimum Gasteiger partial charge on any atom is -0.465 e. The number of esters is 1. The Kier molecular flexibility index (Phi) is 3.24. The van der Waals surface area contributed by atoms with Crippen molar-refractivity contribution >= 4 is 28.5 Å². The van der Waals surface area contributed by atoms with Crippen molar-refractivity contribution in [2.45, 2.75) is 26.2 Å². The lowest BCUT2D eigenvalue weighted by atomic mass is 9.83. The average Bonchev–Trinajstić information content (AvgIpc) is 2.68. The molecule has 0 fully saturated rings. The van der Waals surface area contributed by atoms with Crippen LogP contribution in [0.4, 0.5) is 5.69 Å². The fourth-order valence-electron chi connectivity index (χ4n) is 3.00. The summed E-state index contributed by atoms with van der Waals surface area (Å²) >= 11 is 0. The Hall–Kier alpha value is -2.70. The Labute approximate surface area is 132 Å². The van der Waals surface area contributed by atoms with Crippen LogP contribution in [-0.2, 0) is 19.7 Å². The van der Waals surface area contributed by atoms with Crippen molar-refractivity contribution in [1.29, 1.82) is 0 Å². The zero-order valence-electron chi connectivity index (χ0n) is 13.4. The first-order valence-corrected chi connectivity index (χ1v) is 7.31. The first-order chi connectivity index (χ1) is 10.8. The number of benzene rings is 1. The molecule has 7 heteroatoms. The Morgan fingerprint density at radius 1 is 1.39 bits per heavy atom. The van der Waals surface area contributed by atoms with Crippen LogP contribution in [-0.4, -0.2) is 35.5 Å². The van der Waals surface area contributed by atoms with Gasteiger partial charge in [-0.1, -0.05) is 0 Å². The molecule has 0 saturated heterocycles. The largest absolute Gasteiger partial charge is 0.465 e. The molecule has 1 amide bonds. The number of nitrogens with zero attached hydrogens (tertiary/aromatic N) is 2. The first kappa shape index (κ1) is 15.2. The summed E-state index contributed by atoms with van der Waals surface area (Å²) < 4.78 is 5.08. The number of hydrogen-bond donors (Lipinski definition) is 1. The molecule has 1 aliphatic heterocycles. The van der Waals surface area contributed by atoms with Gasteiger partial charge in [0.05, 0.1) is 23.2 Å². The van der Waals surface area contributed by atoms with Gasteiger partial charge in [-0.15, -0.1) is 0 Å². The van der Waals surface area contributed by atoms with Gasteiger partial charge in [0.15, 0.2) is 5.41 Å². The van der Waals surface area contributed by atoms with Gasteiger partial charge in [-0.25, -0.2) is 4.98 Å². The molecule has 0 bridgehead atoms. The van der Waals surface area contributed by atoms with E-state index in [1.165, 1.54) is 11.8 Å². The minimum absolute atomic E-state index is 0.176. The van der Waals surface area contributed by atoms with Crippen LogP contribution < -0.4 is 10.5 Å². The number of fused-ring (bicyclic) bond motifs is 2. The lowest BCUT2D eigenvalue weighted by Gasteiger charge is -2.20. The second kappa shape index (κ2) is 4.91. The summed E-state index contributed by atoms with van der Waals surface area (Å²) in [5, 5.41) is 0.341. The molecule has 1 N–H and O–H groups in total. The summed E-state index contributed by atoms with van der Waals surface area (Å²) in [5.74, 6) is -0.511. The Morgan fingerprint density at radius 3 is 2.74 bits per heavy atom. The van der Waals surface area contributed by atoms with E-state index >= 15 is 0 Å². The summed E-state index contributed by atoms with van der Waals surface area (Å²) in [6.45, 7) is 5.07. The lowest BCUT2D eigenvalue weighted by molar-refractivity contribution is -0.152. The van der Waals surface area contributed by atoms with Crippen molar-refractivity contribution in [3.8, 4) is 0 Å². The normalized spacial score (nSPS) is 20.0. The van der Waals surface area contributed by atoms with Crippen molar-refractivity contribution < 1.29 is 14.3 Å². The zero-order chi connectivity index (χ0) is 16.9. The SMILES string of the molecule is CCOC(=O)C1(C)C(=O)N(C)c2cc3nc(C)[nH]c(=O)c3cc21. The molecule has 1 unspecified atom stereocenters. The van der Waals surface area contributed by atoms with Crippen LogP contribution in [0.2, 0.25) is 0 Å². The van der Waals surface area contributed by atoms with E-state index in [1.54, 1.807) is 33.0 Å². The minimum atomic E-state index is -1.45. The summed E-state index contributed by atoms with van der Waals surface area (Å²) in [4.78, 5) is 45.5. The van der Waals surface area contributed by atoms with Gasteiger partial charge in [-0.2, -0.15) is 0 Å². The van der Waals surface area contributed by atoms with E-state index < -0.39 is 11.4 Å². The number of amides is 1. The molecular formula is C16H17N3O4. The molecule has 1 aromatic carbocycles. The van der Waals surface area contributed by atoms with E-state index in [0.29, 0.717) is 28.0 Å². The maximum absolute atomic E-state index is 12.6. The van der Waals surface area contributed by atoms with Gasteiger partial charge in [0.2, 0.25) is 5.91 Å². The van der Waals surface area contributed by atoms with E-state index in [0.717, 1.165) is 0 Å². The fraction of sp³-hybridized carbons (Fsp3) is 0.375. The van der Waals surface area contributed by atoms with Crippen molar-refractivity contribution in [2.75, 3.05) is 18.6 Å². The topological polar surface area (TPSA) is 92.4 Å². The second-order valence-electron chi connectivity index (χ2n) is 5.75. The Balaban J connectivity index is 2.33. The van der Waals surface area contributed by atoms with E-state index in [9.17, 15) is 14.4 Å². The van der Waals surface area contributed by atoms with Crippen LogP contribution >= 0.6 is 0 Å². The molecule has 1 aromatic heterocycles. The molecule has 120 valence electrons. The third-order valence-electron chi connectivity index (χ3n) is 4.26. The molecule has 0 saturated carbocycles. The fourth-order valence-corrected chi connectivity index (χ4v) is 3.00. The Bertz CT molecular complexity index is 902. The summed E-state index contributed by atoms with van der Waals surface area (Å²) in [6, 6.07) is 3.23. The highest BCUT2D eigenvalue weighted by molar-refractivity contribution is 6.20. The maximum atomic E-state index is 12.6. The number of nitrogens with one attached hydrogen (secondary N) is 1. The number of aromatic amines is 1. The van der Waals surface area contributed by atoms with Gasteiger partial charge >= 0.3 is 5.97 Å². The molecule has 3 rings (SSSR count). The molecule has 0 aliphatic carbocycles. The van der Waals surface area contributed by atoms with Crippen molar-refractivity contribution in [2.24, 2.45) is 0 Å². The number of hydrogen-bond acceptors (Lipinski definition) is 5. The number of ether oxygens (including phenoxy) is 1. The van der Waals surface area contributed by atoms with Crippen LogP contribution in [0.1, 0.15) is 25.2 Å². The lowest BCUT2D eigenvalue weighted by Crippen LogP contribution is -2.43. The number of aromatic nitrogens is 2. The van der Waals surface area contributed by atoms with Crippen LogP contribution in [0.3, 0.4) is 0 Å². The van der Waals surface area contributed by atoms with E-state index in [1.807, 2.05) is 0 Å². The van der Waals surface area contributed by atoms with Crippen molar-refractivity contribution in [3.63, 3.8) is 0 Å². The molecule has 0 radical (unpaired) electrons.